The molecule has 0 aliphatic carbocycles. The summed E-state index contributed by atoms with van der Waals surface area (Å²) in [4.78, 5) is 1.15. The number of hydrogen-bond acceptors (Lipinski definition) is 4. The van der Waals surface area contributed by atoms with Crippen molar-refractivity contribution in [1.29, 1.82) is 0 Å². The number of thiophene rings is 1. The maximum Gasteiger partial charge on any atom is 0.401 e. The molecule has 0 aromatic carbocycles. The fourth-order valence-corrected chi connectivity index (χ4v) is 2.37. The molecule has 1 aromatic rings. The van der Waals surface area contributed by atoms with E-state index in [1.165, 1.54) is 11.3 Å². The van der Waals surface area contributed by atoms with Gasteiger partial charge in [0.2, 0.25) is 0 Å². The van der Waals surface area contributed by atoms with E-state index in [9.17, 15) is 13.2 Å². The topological polar surface area (TPSA) is 49.5 Å². The molecule has 1 heterocycles. The molecule has 0 aliphatic rings. The van der Waals surface area contributed by atoms with E-state index in [0.717, 1.165) is 10.5 Å². The number of hydrogen-bond donors (Lipinski definition) is 2. The second kappa shape index (κ2) is 6.34. The van der Waals surface area contributed by atoms with E-state index in [0.29, 0.717) is 0 Å². The van der Waals surface area contributed by atoms with Gasteiger partial charge in [-0.25, -0.2) is 0 Å². The Bertz CT molecular complexity index is 316. The van der Waals surface area contributed by atoms with Crippen molar-refractivity contribution in [2.75, 3.05) is 26.2 Å². The number of nitrogens with two attached hydrogens (primary N) is 1. The molecule has 0 radical (unpaired) electrons. The van der Waals surface area contributed by atoms with Gasteiger partial charge in [0.05, 0.1) is 13.2 Å². The molecule has 0 amide bonds. The van der Waals surface area contributed by atoms with Crippen LogP contribution in [0.15, 0.2) is 16.8 Å². The summed E-state index contributed by atoms with van der Waals surface area (Å²) in [5, 5.41) is 12.4. The lowest BCUT2D eigenvalue weighted by Crippen LogP contribution is -2.41. The lowest BCUT2D eigenvalue weighted by Gasteiger charge is -2.30. The third-order valence-corrected chi connectivity index (χ3v) is 3.06. The van der Waals surface area contributed by atoms with Crippen LogP contribution < -0.4 is 5.73 Å². The van der Waals surface area contributed by atoms with Gasteiger partial charge in [-0.15, -0.1) is 0 Å². The molecular weight excluding hydrogens is 253 g/mol. The van der Waals surface area contributed by atoms with Crippen LogP contribution in [-0.4, -0.2) is 42.4 Å². The second-order valence-electron chi connectivity index (χ2n) is 3.62. The van der Waals surface area contributed by atoms with Gasteiger partial charge < -0.3 is 10.8 Å². The highest BCUT2D eigenvalue weighted by atomic mass is 32.1. The predicted octanol–water partition coefficient (Wildman–Crippen LogP) is 1.60. The van der Waals surface area contributed by atoms with Crippen molar-refractivity contribution in [2.45, 2.75) is 12.2 Å². The normalized spacial score (nSPS) is 14.2. The first-order valence-electron chi connectivity index (χ1n) is 5.11. The van der Waals surface area contributed by atoms with Gasteiger partial charge in [0.1, 0.15) is 0 Å². The van der Waals surface area contributed by atoms with E-state index < -0.39 is 18.8 Å². The minimum absolute atomic E-state index is 0.0444. The zero-order valence-corrected chi connectivity index (χ0v) is 9.97. The van der Waals surface area contributed by atoms with Crippen LogP contribution in [0.3, 0.4) is 0 Å². The van der Waals surface area contributed by atoms with Crippen LogP contribution in [0.25, 0.3) is 0 Å². The Morgan fingerprint density at radius 1 is 1.47 bits per heavy atom. The molecule has 17 heavy (non-hydrogen) atoms. The Kier molecular flexibility index (Phi) is 5.38. The van der Waals surface area contributed by atoms with E-state index in [1.54, 1.807) is 16.8 Å². The highest BCUT2D eigenvalue weighted by Crippen LogP contribution is 2.26. The van der Waals surface area contributed by atoms with Crippen molar-refractivity contribution in [2.24, 2.45) is 5.73 Å². The van der Waals surface area contributed by atoms with E-state index in [2.05, 4.69) is 0 Å². The van der Waals surface area contributed by atoms with E-state index in [1.807, 2.05) is 0 Å². The number of halogens is 3. The van der Waals surface area contributed by atoms with Crippen LogP contribution in [-0.2, 0) is 0 Å². The zero-order chi connectivity index (χ0) is 12.9. The number of rotatable bonds is 6. The summed E-state index contributed by atoms with van der Waals surface area (Å²) in [5.74, 6) is 0. The Balaban J connectivity index is 2.80. The van der Waals surface area contributed by atoms with Crippen molar-refractivity contribution >= 4 is 11.3 Å². The summed E-state index contributed by atoms with van der Waals surface area (Å²) in [6.07, 6.45) is -4.29. The molecule has 7 heteroatoms. The van der Waals surface area contributed by atoms with Crippen molar-refractivity contribution in [3.63, 3.8) is 0 Å². The molecule has 0 saturated carbocycles. The Labute approximate surface area is 102 Å². The van der Waals surface area contributed by atoms with Crippen molar-refractivity contribution < 1.29 is 18.3 Å². The lowest BCUT2D eigenvalue weighted by molar-refractivity contribution is -0.151. The fraction of sp³-hybridized carbons (Fsp3) is 0.600. The Hall–Kier alpha value is -0.630. The minimum Gasteiger partial charge on any atom is -0.395 e. The predicted molar refractivity (Wildman–Crippen MR) is 60.8 cm³/mol. The van der Waals surface area contributed by atoms with Gasteiger partial charge in [0.15, 0.2) is 0 Å². The average Bonchev–Trinajstić information content (AvgIpc) is 2.70. The smallest absolute Gasteiger partial charge is 0.395 e. The van der Waals surface area contributed by atoms with Crippen LogP contribution in [0.4, 0.5) is 13.2 Å². The monoisotopic (exact) mass is 268 g/mol. The molecule has 0 fully saturated rings. The first kappa shape index (κ1) is 14.4. The third-order valence-electron chi connectivity index (χ3n) is 2.36. The van der Waals surface area contributed by atoms with Gasteiger partial charge in [0.25, 0.3) is 0 Å². The first-order chi connectivity index (χ1) is 7.98. The number of alkyl halides is 3. The zero-order valence-electron chi connectivity index (χ0n) is 9.15. The fourth-order valence-electron chi connectivity index (χ4n) is 1.66. The van der Waals surface area contributed by atoms with E-state index in [4.69, 9.17) is 10.8 Å². The van der Waals surface area contributed by atoms with Gasteiger partial charge in [0, 0.05) is 19.1 Å². The molecular formula is C10H15F3N2OS. The highest BCUT2D eigenvalue weighted by Gasteiger charge is 2.33. The highest BCUT2D eigenvalue weighted by molar-refractivity contribution is 7.07. The van der Waals surface area contributed by atoms with Gasteiger partial charge in [-0.3, -0.25) is 4.90 Å². The molecule has 1 rings (SSSR count). The summed E-state index contributed by atoms with van der Waals surface area (Å²) in [5.41, 5.74) is 6.29. The van der Waals surface area contributed by atoms with Crippen LogP contribution in [0.2, 0.25) is 0 Å². The quantitative estimate of drug-likeness (QED) is 0.824. The SMILES string of the molecule is NCC(c1ccsc1)N(CCO)CC(F)(F)F. The summed E-state index contributed by atoms with van der Waals surface area (Å²) in [7, 11) is 0. The molecule has 98 valence electrons. The molecule has 0 aliphatic heterocycles. The Morgan fingerprint density at radius 2 is 2.18 bits per heavy atom. The van der Waals surface area contributed by atoms with Gasteiger partial charge in [-0.05, 0) is 22.4 Å². The third kappa shape index (κ3) is 4.63. The number of aliphatic hydroxyl groups excluding tert-OH is 1. The summed E-state index contributed by atoms with van der Waals surface area (Å²) in [6, 6.07) is 1.25. The molecule has 1 aromatic heterocycles. The average molecular weight is 268 g/mol. The van der Waals surface area contributed by atoms with Crippen LogP contribution in [0.5, 0.6) is 0 Å². The lowest BCUT2D eigenvalue weighted by atomic mass is 10.1. The van der Waals surface area contributed by atoms with Crippen molar-refractivity contribution in [1.82, 2.24) is 4.90 Å². The summed E-state index contributed by atoms with van der Waals surface area (Å²) in [6.45, 7) is -1.34. The van der Waals surface area contributed by atoms with Crippen molar-refractivity contribution in [3.05, 3.63) is 22.4 Å². The minimum atomic E-state index is -4.29. The molecule has 0 bridgehead atoms. The van der Waals surface area contributed by atoms with E-state index in [-0.39, 0.29) is 19.7 Å². The maximum absolute atomic E-state index is 12.4. The number of nitrogens with zero attached hydrogens (tertiary/aromatic N) is 1. The molecule has 0 saturated heterocycles. The molecule has 1 atom stereocenters. The van der Waals surface area contributed by atoms with Crippen molar-refractivity contribution in [3.8, 4) is 0 Å². The molecule has 3 nitrogen and oxygen atoms in total. The molecule has 0 spiro atoms. The first-order valence-corrected chi connectivity index (χ1v) is 6.06. The Morgan fingerprint density at radius 3 is 2.59 bits per heavy atom. The van der Waals surface area contributed by atoms with Crippen LogP contribution in [0.1, 0.15) is 11.6 Å². The summed E-state index contributed by atoms with van der Waals surface area (Å²) < 4.78 is 37.2. The van der Waals surface area contributed by atoms with Crippen LogP contribution >= 0.6 is 11.3 Å². The van der Waals surface area contributed by atoms with E-state index >= 15 is 0 Å². The number of aliphatic hydroxyl groups is 1. The molecule has 1 unspecified atom stereocenters. The van der Waals surface area contributed by atoms with Crippen LogP contribution in [0, 0.1) is 0 Å². The largest absolute Gasteiger partial charge is 0.401 e. The van der Waals surface area contributed by atoms with Gasteiger partial charge in [-0.2, -0.15) is 24.5 Å². The second-order valence-corrected chi connectivity index (χ2v) is 4.40. The standard InChI is InChI=1S/C10H15F3N2OS/c11-10(12,13)7-15(2-3-16)9(5-14)8-1-4-17-6-8/h1,4,6,9,16H,2-3,5,7,14H2. The summed E-state index contributed by atoms with van der Waals surface area (Å²) >= 11 is 1.41. The van der Waals surface area contributed by atoms with Gasteiger partial charge in [-0.1, -0.05) is 0 Å². The van der Waals surface area contributed by atoms with Gasteiger partial charge >= 0.3 is 6.18 Å². The maximum atomic E-state index is 12.4. The molecule has 3 N–H and O–H groups in total.